The van der Waals surface area contributed by atoms with Gasteiger partial charge in [0, 0.05) is 49.3 Å². The lowest BCUT2D eigenvalue weighted by Crippen LogP contribution is -2.44. The van der Waals surface area contributed by atoms with Gasteiger partial charge in [-0.2, -0.15) is 5.10 Å². The minimum atomic E-state index is 0.566. The first-order valence-corrected chi connectivity index (χ1v) is 11.2. The van der Waals surface area contributed by atoms with Gasteiger partial charge in [0.2, 0.25) is 0 Å². The smallest absolute Gasteiger partial charge is 0.181 e. The van der Waals surface area contributed by atoms with E-state index < -0.39 is 0 Å². The SMILES string of the molecule is CN1CCN(c2nccc3[nH]c(-c4[nH]nc5ncc(C6CCNCC6)cc45)cc23)CC1. The Labute approximate surface area is 181 Å². The second-order valence-electron chi connectivity index (χ2n) is 8.83. The summed E-state index contributed by atoms with van der Waals surface area (Å²) in [6.07, 6.45) is 6.22. The Morgan fingerprint density at radius 3 is 2.68 bits per heavy atom. The van der Waals surface area contributed by atoms with Crippen molar-refractivity contribution in [2.24, 2.45) is 0 Å². The van der Waals surface area contributed by atoms with E-state index in [9.17, 15) is 0 Å². The minimum absolute atomic E-state index is 0.566. The number of fused-ring (bicyclic) bond motifs is 2. The summed E-state index contributed by atoms with van der Waals surface area (Å²) in [4.78, 5) is 17.7. The first-order valence-electron chi connectivity index (χ1n) is 11.2. The summed E-state index contributed by atoms with van der Waals surface area (Å²) in [5.74, 6) is 1.63. The summed E-state index contributed by atoms with van der Waals surface area (Å²) >= 11 is 0. The molecule has 31 heavy (non-hydrogen) atoms. The van der Waals surface area contributed by atoms with Crippen LogP contribution in [0.4, 0.5) is 5.82 Å². The number of H-pyrrole nitrogens is 2. The van der Waals surface area contributed by atoms with Gasteiger partial charge in [-0.15, -0.1) is 0 Å². The summed E-state index contributed by atoms with van der Waals surface area (Å²) in [6.45, 7) is 6.27. The number of piperazine rings is 1. The van der Waals surface area contributed by atoms with Crippen molar-refractivity contribution in [2.75, 3.05) is 51.2 Å². The van der Waals surface area contributed by atoms with Crippen molar-refractivity contribution >= 4 is 27.8 Å². The van der Waals surface area contributed by atoms with Gasteiger partial charge in [0.25, 0.3) is 0 Å². The standard InChI is InChI=1S/C23H28N8/c1-30-8-10-31(11-9-30)23-17-13-20(27-19(17)4-7-25-23)21-18-12-16(14-26-22(18)29-28-21)15-2-5-24-6-3-15/h4,7,12-15,24,27H,2-3,5-6,8-11H2,1H3,(H,26,28,29). The molecule has 2 aliphatic heterocycles. The van der Waals surface area contributed by atoms with E-state index in [0.29, 0.717) is 5.92 Å². The van der Waals surface area contributed by atoms with E-state index in [1.165, 1.54) is 5.56 Å². The number of hydrogen-bond donors (Lipinski definition) is 3. The quantitative estimate of drug-likeness (QED) is 0.476. The van der Waals surface area contributed by atoms with Crippen LogP contribution in [0, 0.1) is 0 Å². The highest BCUT2D eigenvalue weighted by molar-refractivity contribution is 5.98. The number of anilines is 1. The lowest BCUT2D eigenvalue weighted by molar-refractivity contribution is 0.312. The summed E-state index contributed by atoms with van der Waals surface area (Å²) in [7, 11) is 2.18. The Bertz CT molecular complexity index is 1210. The second kappa shape index (κ2) is 7.62. The molecular weight excluding hydrogens is 388 g/mol. The Morgan fingerprint density at radius 1 is 1.00 bits per heavy atom. The summed E-state index contributed by atoms with van der Waals surface area (Å²) < 4.78 is 0. The van der Waals surface area contributed by atoms with E-state index in [1.807, 2.05) is 12.4 Å². The predicted octanol–water partition coefficient (Wildman–Crippen LogP) is 2.72. The van der Waals surface area contributed by atoms with Crippen molar-refractivity contribution in [2.45, 2.75) is 18.8 Å². The number of likely N-dealkylation sites (N-methyl/N-ethyl adjacent to an activating group) is 1. The molecule has 0 radical (unpaired) electrons. The zero-order valence-electron chi connectivity index (χ0n) is 17.9. The molecule has 4 aromatic heterocycles. The Kier molecular flexibility index (Phi) is 4.61. The fourth-order valence-electron chi connectivity index (χ4n) is 4.94. The number of hydrogen-bond acceptors (Lipinski definition) is 6. The molecule has 0 unspecified atom stereocenters. The predicted molar refractivity (Wildman–Crippen MR) is 124 cm³/mol. The van der Waals surface area contributed by atoms with Gasteiger partial charge in [-0.1, -0.05) is 0 Å². The van der Waals surface area contributed by atoms with Gasteiger partial charge in [-0.25, -0.2) is 9.97 Å². The number of piperidine rings is 1. The van der Waals surface area contributed by atoms with Crippen molar-refractivity contribution < 1.29 is 0 Å². The fraction of sp³-hybridized carbons (Fsp3) is 0.435. The van der Waals surface area contributed by atoms with Gasteiger partial charge in [-0.3, -0.25) is 5.10 Å². The molecule has 0 aromatic carbocycles. The molecule has 8 nitrogen and oxygen atoms in total. The average molecular weight is 417 g/mol. The molecule has 3 N–H and O–H groups in total. The zero-order chi connectivity index (χ0) is 20.8. The van der Waals surface area contributed by atoms with Crippen LogP contribution in [-0.4, -0.2) is 76.4 Å². The maximum Gasteiger partial charge on any atom is 0.181 e. The van der Waals surface area contributed by atoms with Crippen LogP contribution >= 0.6 is 0 Å². The highest BCUT2D eigenvalue weighted by Gasteiger charge is 2.21. The first-order chi connectivity index (χ1) is 15.3. The molecule has 160 valence electrons. The lowest BCUT2D eigenvalue weighted by atomic mass is 9.91. The molecule has 2 fully saturated rings. The van der Waals surface area contributed by atoms with E-state index in [1.54, 1.807) is 0 Å². The number of nitrogens with one attached hydrogen (secondary N) is 3. The minimum Gasteiger partial charge on any atom is -0.353 e. The van der Waals surface area contributed by atoms with Crippen LogP contribution in [0.5, 0.6) is 0 Å². The summed E-state index contributed by atoms with van der Waals surface area (Å²) in [6, 6.07) is 6.54. The van der Waals surface area contributed by atoms with Gasteiger partial charge in [-0.05, 0) is 62.7 Å². The maximum atomic E-state index is 4.73. The summed E-state index contributed by atoms with van der Waals surface area (Å²) in [5, 5.41) is 13.4. The molecule has 8 heteroatoms. The van der Waals surface area contributed by atoms with Crippen LogP contribution in [-0.2, 0) is 0 Å². The number of nitrogens with zero attached hydrogens (tertiary/aromatic N) is 5. The largest absolute Gasteiger partial charge is 0.353 e. The van der Waals surface area contributed by atoms with Gasteiger partial charge < -0.3 is 20.1 Å². The molecule has 0 aliphatic carbocycles. The third-order valence-corrected chi connectivity index (χ3v) is 6.84. The highest BCUT2D eigenvalue weighted by atomic mass is 15.3. The molecule has 2 aliphatic rings. The Hall–Kier alpha value is -2.97. The van der Waals surface area contributed by atoms with Crippen molar-refractivity contribution in [3.63, 3.8) is 0 Å². The molecule has 2 saturated heterocycles. The molecule has 6 heterocycles. The topological polar surface area (TPSA) is 88.8 Å². The zero-order valence-corrected chi connectivity index (χ0v) is 17.9. The van der Waals surface area contributed by atoms with Crippen LogP contribution in [0.2, 0.25) is 0 Å². The number of rotatable bonds is 3. The molecule has 0 saturated carbocycles. The van der Waals surface area contributed by atoms with E-state index in [0.717, 1.165) is 91.3 Å². The third-order valence-electron chi connectivity index (χ3n) is 6.84. The van der Waals surface area contributed by atoms with Crippen molar-refractivity contribution in [3.05, 3.63) is 36.2 Å². The van der Waals surface area contributed by atoms with Crippen LogP contribution in [0.15, 0.2) is 30.6 Å². The Morgan fingerprint density at radius 2 is 1.84 bits per heavy atom. The number of aromatic amines is 2. The Balaban J connectivity index is 1.40. The molecule has 0 atom stereocenters. The highest BCUT2D eigenvalue weighted by Crippen LogP contribution is 2.34. The summed E-state index contributed by atoms with van der Waals surface area (Å²) in [5.41, 5.74) is 5.21. The van der Waals surface area contributed by atoms with Crippen LogP contribution in [0.3, 0.4) is 0 Å². The van der Waals surface area contributed by atoms with E-state index >= 15 is 0 Å². The van der Waals surface area contributed by atoms with Crippen molar-refractivity contribution in [3.8, 4) is 11.4 Å². The third kappa shape index (κ3) is 3.36. The molecule has 0 amide bonds. The van der Waals surface area contributed by atoms with Gasteiger partial charge in [0.1, 0.15) is 5.82 Å². The maximum absolute atomic E-state index is 4.73. The molecule has 6 rings (SSSR count). The fourth-order valence-corrected chi connectivity index (χ4v) is 4.94. The molecule has 0 bridgehead atoms. The lowest BCUT2D eigenvalue weighted by Gasteiger charge is -2.33. The molecule has 0 spiro atoms. The van der Waals surface area contributed by atoms with E-state index in [-0.39, 0.29) is 0 Å². The second-order valence-corrected chi connectivity index (χ2v) is 8.83. The molecular formula is C23H28N8. The van der Waals surface area contributed by atoms with E-state index in [2.05, 4.69) is 60.5 Å². The number of pyridine rings is 2. The van der Waals surface area contributed by atoms with Gasteiger partial charge in [0.05, 0.1) is 16.9 Å². The first kappa shape index (κ1) is 18.8. The van der Waals surface area contributed by atoms with Gasteiger partial charge >= 0.3 is 0 Å². The normalized spacial score (nSPS) is 18.9. The monoisotopic (exact) mass is 416 g/mol. The average Bonchev–Trinajstić information content (AvgIpc) is 3.43. The van der Waals surface area contributed by atoms with Crippen LogP contribution < -0.4 is 10.2 Å². The molecule has 4 aromatic rings. The van der Waals surface area contributed by atoms with E-state index in [4.69, 9.17) is 4.98 Å². The van der Waals surface area contributed by atoms with Gasteiger partial charge in [0.15, 0.2) is 5.65 Å². The number of aromatic nitrogens is 5. The van der Waals surface area contributed by atoms with Crippen LogP contribution in [0.1, 0.15) is 24.3 Å². The van der Waals surface area contributed by atoms with Crippen molar-refractivity contribution in [1.82, 2.24) is 35.4 Å². The van der Waals surface area contributed by atoms with Crippen molar-refractivity contribution in [1.29, 1.82) is 0 Å². The van der Waals surface area contributed by atoms with Crippen LogP contribution in [0.25, 0.3) is 33.3 Å².